The molecule has 0 unspecified atom stereocenters. The molecule has 1 aromatic carbocycles. The summed E-state index contributed by atoms with van der Waals surface area (Å²) in [4.78, 5) is 23.1. The maximum Gasteiger partial charge on any atom is 0.416 e. The molecule has 1 aliphatic rings. The third-order valence-corrected chi connectivity index (χ3v) is 4.43. The van der Waals surface area contributed by atoms with Crippen LogP contribution in [-0.4, -0.2) is 33.9 Å². The van der Waals surface area contributed by atoms with E-state index in [4.69, 9.17) is 0 Å². The minimum atomic E-state index is -4.38. The molecule has 2 aromatic rings. The predicted molar refractivity (Wildman–Crippen MR) is 95.9 cm³/mol. The van der Waals surface area contributed by atoms with Gasteiger partial charge in [0.25, 0.3) is 5.91 Å². The summed E-state index contributed by atoms with van der Waals surface area (Å²) in [6.45, 7) is 3.17. The molecule has 2 heterocycles. The first-order valence-corrected chi connectivity index (χ1v) is 8.92. The number of nitrogens with one attached hydrogen (secondary N) is 1. The maximum absolute atomic E-state index is 12.7. The van der Waals surface area contributed by atoms with Crippen LogP contribution < -0.4 is 5.32 Å². The normalized spacial score (nSPS) is 15.3. The van der Waals surface area contributed by atoms with E-state index in [9.17, 15) is 18.0 Å². The average molecular weight is 378 g/mol. The van der Waals surface area contributed by atoms with E-state index in [1.807, 2.05) is 0 Å². The smallest absolute Gasteiger partial charge is 0.337 e. The van der Waals surface area contributed by atoms with Crippen molar-refractivity contribution in [2.45, 2.75) is 38.8 Å². The molecule has 0 saturated carbocycles. The number of halogens is 3. The van der Waals surface area contributed by atoms with Gasteiger partial charge in [-0.2, -0.15) is 13.2 Å². The molecule has 0 atom stereocenters. The molecule has 1 aromatic heterocycles. The van der Waals surface area contributed by atoms with E-state index in [1.54, 1.807) is 17.9 Å². The number of hydrogen-bond acceptors (Lipinski definition) is 4. The molecule has 144 valence electrons. The number of alkyl halides is 3. The summed E-state index contributed by atoms with van der Waals surface area (Å²) in [5.41, 5.74) is 0.591. The summed E-state index contributed by atoms with van der Waals surface area (Å²) in [5, 5.41) is 2.87. The van der Waals surface area contributed by atoms with Crippen LogP contribution in [0.3, 0.4) is 0 Å². The Kier molecular flexibility index (Phi) is 5.62. The first kappa shape index (κ1) is 19.1. The molecule has 3 rings (SSSR count). The van der Waals surface area contributed by atoms with Crippen molar-refractivity contribution in [1.82, 2.24) is 14.9 Å². The molecule has 5 nitrogen and oxygen atoms in total. The standard InChI is InChI=1S/C19H21F3N4O/c1-13-12-16(17(27)26-10-4-2-3-5-11-26)25-18(23-13)24-15-8-6-14(7-9-15)19(20,21)22/h6-9,12H,2-5,10-11H2,1H3,(H,23,24,25). The Labute approximate surface area is 155 Å². The molecule has 1 aliphatic heterocycles. The lowest BCUT2D eigenvalue weighted by atomic mass is 10.2. The Morgan fingerprint density at radius 3 is 2.26 bits per heavy atom. The summed E-state index contributed by atoms with van der Waals surface area (Å²) in [6, 6.07) is 6.23. The number of carbonyl (C=O) groups excluding carboxylic acids is 1. The summed E-state index contributed by atoms with van der Waals surface area (Å²) < 4.78 is 38.0. The van der Waals surface area contributed by atoms with Gasteiger partial charge in [-0.15, -0.1) is 0 Å². The fraction of sp³-hybridized carbons (Fsp3) is 0.421. The highest BCUT2D eigenvalue weighted by Gasteiger charge is 2.30. The first-order chi connectivity index (χ1) is 12.8. The molecule has 0 aliphatic carbocycles. The van der Waals surface area contributed by atoms with E-state index in [0.29, 0.717) is 30.2 Å². The highest BCUT2D eigenvalue weighted by atomic mass is 19.4. The van der Waals surface area contributed by atoms with Gasteiger partial charge in [0.2, 0.25) is 5.95 Å². The molecular weight excluding hydrogens is 357 g/mol. The van der Waals surface area contributed by atoms with E-state index in [0.717, 1.165) is 37.8 Å². The second-order valence-corrected chi connectivity index (χ2v) is 6.62. The van der Waals surface area contributed by atoms with Gasteiger partial charge in [-0.25, -0.2) is 9.97 Å². The van der Waals surface area contributed by atoms with Gasteiger partial charge in [0.1, 0.15) is 5.69 Å². The van der Waals surface area contributed by atoms with Crippen molar-refractivity contribution in [2.75, 3.05) is 18.4 Å². The Balaban J connectivity index is 1.77. The largest absolute Gasteiger partial charge is 0.416 e. The molecule has 1 fully saturated rings. The van der Waals surface area contributed by atoms with Crippen molar-refractivity contribution >= 4 is 17.5 Å². The minimum absolute atomic E-state index is 0.141. The summed E-state index contributed by atoms with van der Waals surface area (Å²) in [5.74, 6) is 0.0470. The molecule has 1 N–H and O–H groups in total. The maximum atomic E-state index is 12.7. The van der Waals surface area contributed by atoms with E-state index in [1.165, 1.54) is 12.1 Å². The monoisotopic (exact) mass is 378 g/mol. The first-order valence-electron chi connectivity index (χ1n) is 8.92. The molecule has 0 bridgehead atoms. The lowest BCUT2D eigenvalue weighted by Gasteiger charge is -2.20. The van der Waals surface area contributed by atoms with Gasteiger partial charge in [-0.05, 0) is 50.1 Å². The number of likely N-dealkylation sites (tertiary alicyclic amines) is 1. The summed E-state index contributed by atoms with van der Waals surface area (Å²) >= 11 is 0. The number of aromatic nitrogens is 2. The number of aryl methyl sites for hydroxylation is 1. The Morgan fingerprint density at radius 1 is 1.04 bits per heavy atom. The van der Waals surface area contributed by atoms with Crippen molar-refractivity contribution in [3.8, 4) is 0 Å². The molecule has 8 heteroatoms. The molecule has 0 radical (unpaired) electrons. The van der Waals surface area contributed by atoms with Crippen LogP contribution in [0.15, 0.2) is 30.3 Å². The quantitative estimate of drug-likeness (QED) is 0.850. The summed E-state index contributed by atoms with van der Waals surface area (Å²) in [6.07, 6.45) is -0.190. The van der Waals surface area contributed by atoms with Crippen molar-refractivity contribution < 1.29 is 18.0 Å². The number of nitrogens with zero attached hydrogens (tertiary/aromatic N) is 3. The molecular formula is C19H21F3N4O. The third kappa shape index (κ3) is 4.96. The Morgan fingerprint density at radius 2 is 1.67 bits per heavy atom. The second-order valence-electron chi connectivity index (χ2n) is 6.62. The van der Waals surface area contributed by atoms with Gasteiger partial charge in [-0.3, -0.25) is 4.79 Å². The van der Waals surface area contributed by atoms with Crippen LogP contribution in [0.2, 0.25) is 0 Å². The van der Waals surface area contributed by atoms with E-state index in [2.05, 4.69) is 15.3 Å². The lowest BCUT2D eigenvalue weighted by Crippen LogP contribution is -2.32. The van der Waals surface area contributed by atoms with E-state index >= 15 is 0 Å². The predicted octanol–water partition coefficient (Wildman–Crippen LogP) is 4.56. The van der Waals surface area contributed by atoms with Crippen LogP contribution in [0.5, 0.6) is 0 Å². The van der Waals surface area contributed by atoms with Gasteiger partial charge < -0.3 is 10.2 Å². The average Bonchev–Trinajstić information content (AvgIpc) is 2.89. The van der Waals surface area contributed by atoms with Gasteiger partial charge in [0.05, 0.1) is 5.56 Å². The second kappa shape index (κ2) is 7.94. The van der Waals surface area contributed by atoms with Gasteiger partial charge >= 0.3 is 6.18 Å². The fourth-order valence-corrected chi connectivity index (χ4v) is 3.04. The SMILES string of the molecule is Cc1cc(C(=O)N2CCCCCC2)nc(Nc2ccc(C(F)(F)F)cc2)n1. The van der Waals surface area contributed by atoms with Gasteiger partial charge in [0.15, 0.2) is 0 Å². The van der Waals surface area contributed by atoms with Crippen molar-refractivity contribution in [3.63, 3.8) is 0 Å². The van der Waals surface area contributed by atoms with Crippen LogP contribution in [-0.2, 0) is 6.18 Å². The Bertz CT molecular complexity index is 798. The van der Waals surface area contributed by atoms with E-state index in [-0.39, 0.29) is 11.9 Å². The van der Waals surface area contributed by atoms with Crippen LogP contribution in [0.1, 0.15) is 47.4 Å². The van der Waals surface area contributed by atoms with Crippen LogP contribution in [0, 0.1) is 6.92 Å². The zero-order chi connectivity index (χ0) is 19.4. The Hall–Kier alpha value is -2.64. The minimum Gasteiger partial charge on any atom is -0.337 e. The lowest BCUT2D eigenvalue weighted by molar-refractivity contribution is -0.137. The highest BCUT2D eigenvalue weighted by molar-refractivity contribution is 5.92. The number of benzene rings is 1. The van der Waals surface area contributed by atoms with Crippen LogP contribution in [0.25, 0.3) is 0 Å². The van der Waals surface area contributed by atoms with Crippen LogP contribution in [0.4, 0.5) is 24.8 Å². The van der Waals surface area contributed by atoms with Gasteiger partial charge in [-0.1, -0.05) is 12.8 Å². The molecule has 0 spiro atoms. The number of anilines is 2. The fourth-order valence-electron chi connectivity index (χ4n) is 3.04. The molecule has 1 saturated heterocycles. The highest BCUT2D eigenvalue weighted by Crippen LogP contribution is 2.30. The topological polar surface area (TPSA) is 58.1 Å². The summed E-state index contributed by atoms with van der Waals surface area (Å²) in [7, 11) is 0. The number of amides is 1. The van der Waals surface area contributed by atoms with Crippen molar-refractivity contribution in [1.29, 1.82) is 0 Å². The zero-order valence-electron chi connectivity index (χ0n) is 15.0. The van der Waals surface area contributed by atoms with E-state index < -0.39 is 11.7 Å². The number of rotatable bonds is 3. The zero-order valence-corrected chi connectivity index (χ0v) is 15.0. The number of carbonyl (C=O) groups is 1. The third-order valence-electron chi connectivity index (χ3n) is 4.43. The van der Waals surface area contributed by atoms with Gasteiger partial charge in [0, 0.05) is 24.5 Å². The van der Waals surface area contributed by atoms with Crippen molar-refractivity contribution in [3.05, 3.63) is 47.3 Å². The number of hydrogen-bond donors (Lipinski definition) is 1. The molecule has 1 amide bonds. The van der Waals surface area contributed by atoms with Crippen molar-refractivity contribution in [2.24, 2.45) is 0 Å². The molecule has 27 heavy (non-hydrogen) atoms. The van der Waals surface area contributed by atoms with Crippen LogP contribution >= 0.6 is 0 Å².